The summed E-state index contributed by atoms with van der Waals surface area (Å²) in [6.07, 6.45) is -1.12. The number of hydrogen-bond acceptors (Lipinski definition) is 4. The molecule has 6 nitrogen and oxygen atoms in total. The summed E-state index contributed by atoms with van der Waals surface area (Å²) in [5.74, 6) is -0.850. The molecule has 2 fully saturated rings. The van der Waals surface area contributed by atoms with Crippen LogP contribution in [0.15, 0.2) is 12.1 Å². The van der Waals surface area contributed by atoms with E-state index >= 15 is 4.39 Å². The van der Waals surface area contributed by atoms with Crippen LogP contribution in [-0.4, -0.2) is 50.3 Å². The molecular formula is C16H22BClF2N2O4S. The summed E-state index contributed by atoms with van der Waals surface area (Å²) >= 11 is 6.07. The van der Waals surface area contributed by atoms with Crippen LogP contribution in [0.5, 0.6) is 0 Å². The van der Waals surface area contributed by atoms with E-state index in [1.165, 1.54) is 6.07 Å². The van der Waals surface area contributed by atoms with Crippen molar-refractivity contribution in [3.05, 3.63) is 23.0 Å². The molecule has 1 aromatic carbocycles. The molecule has 0 radical (unpaired) electrons. The molecule has 11 heteroatoms. The molecule has 0 unspecified atom stereocenters. The fraction of sp³-hybridized carbons (Fsp3) is 0.625. The summed E-state index contributed by atoms with van der Waals surface area (Å²) in [5.41, 5.74) is -1.74. The fourth-order valence-corrected chi connectivity index (χ4v) is 4.42. The highest BCUT2D eigenvalue weighted by molar-refractivity contribution is 7.90. The third-order valence-electron chi connectivity index (χ3n) is 5.25. The highest BCUT2D eigenvalue weighted by Gasteiger charge is 2.52. The van der Waals surface area contributed by atoms with Gasteiger partial charge in [0.1, 0.15) is 12.0 Å². The second-order valence-electron chi connectivity index (χ2n) is 7.80. The zero-order valence-electron chi connectivity index (χ0n) is 15.6. The van der Waals surface area contributed by atoms with Gasteiger partial charge in [0.25, 0.3) is 0 Å². The number of anilines is 1. The Morgan fingerprint density at radius 1 is 1.26 bits per heavy atom. The Hall–Kier alpha value is -0.935. The number of alkyl halides is 1. The van der Waals surface area contributed by atoms with Crippen molar-refractivity contribution in [3.8, 4) is 0 Å². The Kier molecular flexibility index (Phi) is 5.27. The van der Waals surface area contributed by atoms with Gasteiger partial charge in [-0.25, -0.2) is 8.78 Å². The van der Waals surface area contributed by atoms with E-state index in [0.717, 1.165) is 10.4 Å². The Balaban J connectivity index is 1.91. The highest BCUT2D eigenvalue weighted by Crippen LogP contribution is 2.37. The van der Waals surface area contributed by atoms with Gasteiger partial charge in [-0.05, 0) is 46.2 Å². The number of hydrogen-bond donors (Lipinski definition) is 1. The Morgan fingerprint density at radius 2 is 1.85 bits per heavy atom. The molecule has 0 aliphatic carbocycles. The number of benzene rings is 1. The molecule has 0 amide bonds. The average molecular weight is 423 g/mol. The summed E-state index contributed by atoms with van der Waals surface area (Å²) in [7, 11) is -5.15. The van der Waals surface area contributed by atoms with E-state index in [9.17, 15) is 12.8 Å². The summed E-state index contributed by atoms with van der Waals surface area (Å²) in [5, 5.41) is 0.114. The van der Waals surface area contributed by atoms with Gasteiger partial charge in [-0.15, -0.1) is 0 Å². The maximum atomic E-state index is 15.1. The minimum absolute atomic E-state index is 0.0105. The molecule has 0 aromatic heterocycles. The number of nitrogens with zero attached hydrogens (tertiary/aromatic N) is 1. The second kappa shape index (κ2) is 6.84. The first-order chi connectivity index (χ1) is 12.3. The Bertz CT molecular complexity index is 837. The van der Waals surface area contributed by atoms with Gasteiger partial charge in [-0.2, -0.15) is 12.7 Å². The van der Waals surface area contributed by atoms with Crippen LogP contribution in [0.25, 0.3) is 0 Å². The largest absolute Gasteiger partial charge is 0.497 e. The van der Waals surface area contributed by atoms with E-state index in [-0.39, 0.29) is 35.7 Å². The van der Waals surface area contributed by atoms with Crippen molar-refractivity contribution in [2.75, 3.05) is 17.8 Å². The van der Waals surface area contributed by atoms with E-state index in [2.05, 4.69) is 4.72 Å². The van der Waals surface area contributed by atoms with E-state index in [1.807, 2.05) is 27.7 Å². The number of rotatable bonds is 4. The molecule has 0 spiro atoms. The Morgan fingerprint density at radius 3 is 2.37 bits per heavy atom. The molecule has 150 valence electrons. The molecule has 27 heavy (non-hydrogen) atoms. The predicted molar refractivity (Wildman–Crippen MR) is 101 cm³/mol. The van der Waals surface area contributed by atoms with Crippen molar-refractivity contribution in [3.63, 3.8) is 0 Å². The van der Waals surface area contributed by atoms with Crippen molar-refractivity contribution in [1.82, 2.24) is 4.31 Å². The van der Waals surface area contributed by atoms with Gasteiger partial charge in [0.15, 0.2) is 0 Å². The third kappa shape index (κ3) is 3.95. The van der Waals surface area contributed by atoms with Crippen LogP contribution >= 0.6 is 11.6 Å². The van der Waals surface area contributed by atoms with Gasteiger partial charge in [-0.3, -0.25) is 4.72 Å². The average Bonchev–Trinajstić information content (AvgIpc) is 3.04. The van der Waals surface area contributed by atoms with E-state index < -0.39 is 40.5 Å². The minimum Gasteiger partial charge on any atom is -0.399 e. The lowest BCUT2D eigenvalue weighted by Crippen LogP contribution is -2.41. The van der Waals surface area contributed by atoms with Crippen LogP contribution in [0, 0.1) is 5.82 Å². The van der Waals surface area contributed by atoms with Crippen LogP contribution in [-0.2, 0) is 19.5 Å². The van der Waals surface area contributed by atoms with Crippen LogP contribution in [0.4, 0.5) is 14.5 Å². The maximum Gasteiger partial charge on any atom is 0.497 e. The summed E-state index contributed by atoms with van der Waals surface area (Å²) in [4.78, 5) is 0. The van der Waals surface area contributed by atoms with Crippen LogP contribution < -0.4 is 10.2 Å². The Labute approximate surface area is 163 Å². The van der Waals surface area contributed by atoms with Crippen LogP contribution in [0.2, 0.25) is 5.02 Å². The quantitative estimate of drug-likeness (QED) is 0.757. The predicted octanol–water partition coefficient (Wildman–Crippen LogP) is 2.48. The smallest absolute Gasteiger partial charge is 0.399 e. The van der Waals surface area contributed by atoms with Gasteiger partial charge in [0.2, 0.25) is 0 Å². The molecule has 0 saturated carbocycles. The number of halogens is 3. The van der Waals surface area contributed by atoms with E-state index in [0.29, 0.717) is 0 Å². The highest BCUT2D eigenvalue weighted by atomic mass is 35.5. The summed E-state index contributed by atoms with van der Waals surface area (Å²) < 4.78 is 68.0. The van der Waals surface area contributed by atoms with Gasteiger partial charge >= 0.3 is 17.3 Å². The molecule has 2 aliphatic heterocycles. The molecule has 2 saturated heterocycles. The first-order valence-electron chi connectivity index (χ1n) is 8.59. The molecular weight excluding hydrogens is 401 g/mol. The van der Waals surface area contributed by atoms with Crippen molar-refractivity contribution in [1.29, 1.82) is 0 Å². The van der Waals surface area contributed by atoms with E-state index in [4.69, 9.17) is 20.9 Å². The summed E-state index contributed by atoms with van der Waals surface area (Å²) in [6.45, 7) is 7.05. The number of nitrogens with one attached hydrogen (secondary N) is 1. The molecule has 1 N–H and O–H groups in total. The summed E-state index contributed by atoms with van der Waals surface area (Å²) in [6, 6.07) is 2.50. The third-order valence-corrected chi connectivity index (χ3v) is 6.95. The fourth-order valence-electron chi connectivity index (χ4n) is 2.94. The molecule has 2 heterocycles. The molecule has 3 rings (SSSR count). The lowest BCUT2D eigenvalue weighted by Gasteiger charge is -2.32. The van der Waals surface area contributed by atoms with Gasteiger partial charge in [0, 0.05) is 23.6 Å². The zero-order chi connectivity index (χ0) is 20.2. The van der Waals surface area contributed by atoms with Crippen molar-refractivity contribution in [2.45, 2.75) is 51.5 Å². The van der Waals surface area contributed by atoms with Crippen LogP contribution in [0.1, 0.15) is 34.1 Å². The first kappa shape index (κ1) is 20.8. The standard InChI is InChI=1S/C16H22BClF2N2O4S/c1-15(2)16(3,4)26-17(25-15)12-7-10(18)8-13(14(12)20)21-27(23,24)22-6-5-11(19)9-22/h7-8,11,21H,5-6,9H2,1-4H3/t11-/m1/s1. The molecule has 1 aromatic rings. The molecule has 1 atom stereocenters. The zero-order valence-corrected chi connectivity index (χ0v) is 17.1. The molecule has 2 aliphatic rings. The van der Waals surface area contributed by atoms with Crippen molar-refractivity contribution < 1.29 is 26.5 Å². The second-order valence-corrected chi connectivity index (χ2v) is 9.90. The monoisotopic (exact) mass is 422 g/mol. The van der Waals surface area contributed by atoms with Gasteiger partial charge < -0.3 is 9.31 Å². The van der Waals surface area contributed by atoms with Gasteiger partial charge in [0.05, 0.1) is 16.9 Å². The molecule has 0 bridgehead atoms. The van der Waals surface area contributed by atoms with Crippen molar-refractivity contribution >= 4 is 40.1 Å². The van der Waals surface area contributed by atoms with Crippen molar-refractivity contribution in [2.24, 2.45) is 0 Å². The maximum absolute atomic E-state index is 15.1. The lowest BCUT2D eigenvalue weighted by atomic mass is 9.78. The first-order valence-corrected chi connectivity index (χ1v) is 10.4. The van der Waals surface area contributed by atoms with Gasteiger partial charge in [-0.1, -0.05) is 11.6 Å². The van der Waals surface area contributed by atoms with E-state index in [1.54, 1.807) is 0 Å². The normalized spacial score (nSPS) is 25.1. The minimum atomic E-state index is -4.11. The SMILES string of the molecule is CC1(C)OB(c2cc(Cl)cc(NS(=O)(=O)N3CC[C@@H](F)C3)c2F)OC1(C)C. The topological polar surface area (TPSA) is 67.9 Å². The lowest BCUT2D eigenvalue weighted by molar-refractivity contribution is 0.00578. The van der Waals surface area contributed by atoms with Crippen LogP contribution in [0.3, 0.4) is 0 Å².